The Balaban J connectivity index is 1.41. The van der Waals surface area contributed by atoms with Gasteiger partial charge in [0, 0.05) is 21.5 Å². The summed E-state index contributed by atoms with van der Waals surface area (Å²) in [4.78, 5) is 0. The molecule has 45 heavy (non-hydrogen) atoms. The van der Waals surface area contributed by atoms with Crippen LogP contribution in [0, 0.1) is 0 Å². The van der Waals surface area contributed by atoms with Crippen molar-refractivity contribution in [2.24, 2.45) is 0 Å². The number of hydrogen-bond acceptors (Lipinski definition) is 0. The highest BCUT2D eigenvalue weighted by Gasteiger charge is 2.22. The van der Waals surface area contributed by atoms with Crippen molar-refractivity contribution in [1.82, 2.24) is 4.40 Å². The molecular weight excluding hydrogens is 542 g/mol. The first-order valence-electron chi connectivity index (χ1n) is 15.6. The molecule has 0 aliphatic heterocycles. The predicted octanol–water partition coefficient (Wildman–Crippen LogP) is 12.1. The maximum absolute atomic E-state index is 2.51. The number of aromatic nitrogens is 1. The van der Waals surface area contributed by atoms with Crippen LogP contribution in [0.2, 0.25) is 0 Å². The normalized spacial score (nSPS) is 12.0. The molecule has 0 radical (unpaired) electrons. The topological polar surface area (TPSA) is 4.41 Å². The van der Waals surface area contributed by atoms with Gasteiger partial charge in [-0.1, -0.05) is 127 Å². The fraction of sp³-hybridized carbons (Fsp3) is 0. The lowest BCUT2D eigenvalue weighted by molar-refractivity contribution is 1.38. The Hall–Kier alpha value is -5.92. The van der Waals surface area contributed by atoms with Gasteiger partial charge >= 0.3 is 0 Å². The molecule has 0 N–H and O–H groups in total. The van der Waals surface area contributed by atoms with Gasteiger partial charge in [0.25, 0.3) is 0 Å². The maximum Gasteiger partial charge on any atom is 0.0620 e. The Labute approximate surface area is 260 Å². The second-order valence-electron chi connectivity index (χ2n) is 12.1. The zero-order valence-corrected chi connectivity index (χ0v) is 24.5. The summed E-state index contributed by atoms with van der Waals surface area (Å²) in [5.41, 5.74) is 11.3. The van der Waals surface area contributed by atoms with Gasteiger partial charge in [0.05, 0.1) is 16.6 Å². The van der Waals surface area contributed by atoms with Crippen LogP contribution in [0.15, 0.2) is 164 Å². The molecule has 1 heteroatoms. The van der Waals surface area contributed by atoms with Gasteiger partial charge in [-0.15, -0.1) is 0 Å². The SMILES string of the molecule is c1ccc(-c2cccc(-c3ccccc3)c2-c2cc3c4cc5ccccc5cc4n4c5cc6ccccc6cc5c(c2)c34)cc1. The molecule has 2 heterocycles. The van der Waals surface area contributed by atoms with Crippen molar-refractivity contribution in [3.8, 4) is 33.4 Å². The zero-order chi connectivity index (χ0) is 29.5. The highest BCUT2D eigenvalue weighted by molar-refractivity contribution is 6.27. The second kappa shape index (κ2) is 9.29. The summed E-state index contributed by atoms with van der Waals surface area (Å²) < 4.78 is 2.51. The number of benzene rings is 8. The molecule has 1 nitrogen and oxygen atoms in total. The molecule has 10 aromatic rings. The number of rotatable bonds is 3. The summed E-state index contributed by atoms with van der Waals surface area (Å²) in [6.45, 7) is 0. The molecule has 0 spiro atoms. The van der Waals surface area contributed by atoms with Crippen LogP contribution >= 0.6 is 0 Å². The molecule has 0 bridgehead atoms. The van der Waals surface area contributed by atoms with Crippen LogP contribution in [0.25, 0.3) is 93.0 Å². The van der Waals surface area contributed by atoms with Crippen LogP contribution in [-0.4, -0.2) is 4.40 Å². The van der Waals surface area contributed by atoms with E-state index in [9.17, 15) is 0 Å². The molecule has 0 saturated carbocycles. The summed E-state index contributed by atoms with van der Waals surface area (Å²) in [6.07, 6.45) is 0. The Bertz CT molecular complexity index is 2550. The minimum absolute atomic E-state index is 1.22. The van der Waals surface area contributed by atoms with Crippen molar-refractivity contribution in [1.29, 1.82) is 0 Å². The minimum atomic E-state index is 1.22. The van der Waals surface area contributed by atoms with E-state index in [0.29, 0.717) is 0 Å². The average molecular weight is 570 g/mol. The van der Waals surface area contributed by atoms with Crippen molar-refractivity contribution in [3.05, 3.63) is 164 Å². The molecule has 0 unspecified atom stereocenters. The summed E-state index contributed by atoms with van der Waals surface area (Å²) in [7, 11) is 0. The van der Waals surface area contributed by atoms with Gasteiger partial charge in [0.2, 0.25) is 0 Å². The van der Waals surface area contributed by atoms with E-state index in [1.54, 1.807) is 0 Å². The van der Waals surface area contributed by atoms with Gasteiger partial charge in [0.1, 0.15) is 0 Å². The van der Waals surface area contributed by atoms with Crippen molar-refractivity contribution < 1.29 is 0 Å². The molecule has 208 valence electrons. The Kier molecular flexibility index (Phi) is 5.06. The first-order chi connectivity index (χ1) is 22.3. The van der Waals surface area contributed by atoms with Crippen molar-refractivity contribution in [2.45, 2.75) is 0 Å². The summed E-state index contributed by atoms with van der Waals surface area (Å²) in [6, 6.07) is 60.3. The molecule has 0 aliphatic carbocycles. The summed E-state index contributed by atoms with van der Waals surface area (Å²) in [5.74, 6) is 0. The Morgan fingerprint density at radius 3 is 1.20 bits per heavy atom. The van der Waals surface area contributed by atoms with Gasteiger partial charge in [0.15, 0.2) is 0 Å². The van der Waals surface area contributed by atoms with Gasteiger partial charge in [-0.3, -0.25) is 0 Å². The first kappa shape index (κ1) is 24.5. The van der Waals surface area contributed by atoms with E-state index in [-0.39, 0.29) is 0 Å². The highest BCUT2D eigenvalue weighted by atomic mass is 14.9. The lowest BCUT2D eigenvalue weighted by Crippen LogP contribution is -1.91. The van der Waals surface area contributed by atoms with Crippen molar-refractivity contribution in [2.75, 3.05) is 0 Å². The van der Waals surface area contributed by atoms with Crippen LogP contribution in [0.5, 0.6) is 0 Å². The molecule has 10 rings (SSSR count). The molecule has 2 aromatic heterocycles. The van der Waals surface area contributed by atoms with Crippen LogP contribution in [0.1, 0.15) is 0 Å². The lowest BCUT2D eigenvalue weighted by atomic mass is 9.86. The largest absolute Gasteiger partial charge is 0.308 e. The van der Waals surface area contributed by atoms with E-state index < -0.39 is 0 Å². The van der Waals surface area contributed by atoms with Crippen LogP contribution in [0.3, 0.4) is 0 Å². The molecule has 0 saturated heterocycles. The van der Waals surface area contributed by atoms with Crippen molar-refractivity contribution >= 4 is 59.6 Å². The minimum Gasteiger partial charge on any atom is -0.308 e. The first-order valence-corrected chi connectivity index (χ1v) is 15.6. The Morgan fingerprint density at radius 2 is 0.733 bits per heavy atom. The number of nitrogens with zero attached hydrogens (tertiary/aromatic N) is 1. The van der Waals surface area contributed by atoms with E-state index in [1.165, 1.54) is 93.0 Å². The van der Waals surface area contributed by atoms with E-state index in [0.717, 1.165) is 0 Å². The van der Waals surface area contributed by atoms with E-state index >= 15 is 0 Å². The van der Waals surface area contributed by atoms with E-state index in [2.05, 4.69) is 168 Å². The van der Waals surface area contributed by atoms with Crippen LogP contribution in [0.4, 0.5) is 0 Å². The lowest BCUT2D eigenvalue weighted by Gasteiger charge is -2.17. The fourth-order valence-corrected chi connectivity index (χ4v) is 7.64. The van der Waals surface area contributed by atoms with Crippen LogP contribution < -0.4 is 0 Å². The zero-order valence-electron chi connectivity index (χ0n) is 24.5. The Morgan fingerprint density at radius 1 is 0.311 bits per heavy atom. The fourth-order valence-electron chi connectivity index (χ4n) is 7.64. The second-order valence-corrected chi connectivity index (χ2v) is 12.1. The number of fused-ring (bicyclic) bond motifs is 8. The predicted molar refractivity (Wildman–Crippen MR) is 192 cm³/mol. The maximum atomic E-state index is 2.51. The standard InChI is InChI=1S/C44H27N/c1-3-12-28(13-4-1)35-20-11-21-36(29-14-5-2-6-15-29)43(35)34-24-39-37-22-30-16-7-9-18-32(30)26-41(37)45-42-27-33-19-10-8-17-31(33)23-38(42)40(25-34)44(39)45/h1-27H. The smallest absolute Gasteiger partial charge is 0.0620 e. The van der Waals surface area contributed by atoms with Gasteiger partial charge in [-0.25, -0.2) is 0 Å². The quantitative estimate of drug-likeness (QED) is 0.199. The van der Waals surface area contributed by atoms with Gasteiger partial charge < -0.3 is 4.40 Å². The van der Waals surface area contributed by atoms with Gasteiger partial charge in [-0.05, 0) is 91.3 Å². The monoisotopic (exact) mass is 569 g/mol. The third-order valence-electron chi connectivity index (χ3n) is 9.65. The third kappa shape index (κ3) is 3.56. The van der Waals surface area contributed by atoms with E-state index in [4.69, 9.17) is 0 Å². The molecular formula is C44H27N. The van der Waals surface area contributed by atoms with Crippen LogP contribution in [-0.2, 0) is 0 Å². The summed E-state index contributed by atoms with van der Waals surface area (Å²) in [5, 5.41) is 10.3. The van der Waals surface area contributed by atoms with Crippen molar-refractivity contribution in [3.63, 3.8) is 0 Å². The average Bonchev–Trinajstić information content (AvgIpc) is 3.60. The molecule has 0 atom stereocenters. The molecule has 8 aromatic carbocycles. The molecule has 0 aliphatic rings. The number of hydrogen-bond donors (Lipinski definition) is 0. The third-order valence-corrected chi connectivity index (χ3v) is 9.65. The van der Waals surface area contributed by atoms with Gasteiger partial charge in [-0.2, -0.15) is 0 Å². The highest BCUT2D eigenvalue weighted by Crippen LogP contribution is 2.47. The van der Waals surface area contributed by atoms with E-state index in [1.807, 2.05) is 0 Å². The molecule has 0 fully saturated rings. The molecule has 0 amide bonds. The summed E-state index contributed by atoms with van der Waals surface area (Å²) >= 11 is 0.